The van der Waals surface area contributed by atoms with Crippen molar-refractivity contribution in [2.24, 2.45) is 5.92 Å². The van der Waals surface area contributed by atoms with Gasteiger partial charge in [0.25, 0.3) is 0 Å². The fourth-order valence-corrected chi connectivity index (χ4v) is 7.36. The number of amides is 1. The molecule has 2 heterocycles. The van der Waals surface area contributed by atoms with Gasteiger partial charge >= 0.3 is 6.09 Å². The first-order valence-corrected chi connectivity index (χ1v) is 14.3. The molecule has 2 aliphatic heterocycles. The van der Waals surface area contributed by atoms with Gasteiger partial charge in [-0.25, -0.2) is 4.79 Å². The predicted molar refractivity (Wildman–Crippen MR) is 142 cm³/mol. The van der Waals surface area contributed by atoms with Crippen molar-refractivity contribution >= 4 is 6.09 Å². The van der Waals surface area contributed by atoms with E-state index in [1.54, 1.807) is 0 Å². The second kappa shape index (κ2) is 10.5. The van der Waals surface area contributed by atoms with E-state index in [0.29, 0.717) is 32.3 Å². The number of carbonyl (C=O) groups is 1. The molecule has 4 aliphatic rings. The van der Waals surface area contributed by atoms with E-state index >= 15 is 0 Å². The summed E-state index contributed by atoms with van der Waals surface area (Å²) in [6.45, 7) is 4.99. The molecule has 198 valence electrons. The highest BCUT2D eigenvalue weighted by molar-refractivity contribution is 5.69. The fourth-order valence-electron chi connectivity index (χ4n) is 7.36. The summed E-state index contributed by atoms with van der Waals surface area (Å²) in [5.74, 6) is 2.86. The summed E-state index contributed by atoms with van der Waals surface area (Å²) < 4.78 is 24.6. The standard InChI is InChI=1S/C31H39NO5/c1-2-3-16-34-27-20-25-23(28-29(27)36-18-17-35-28)19-26-24-12-7-8-13-31(24,25)14-9-15-32(26)30(33)37-21-22-10-5-4-6-11-22/h4-6,10-11,20,24,26H,2-3,7-9,12-19,21H2,1H3/t24?,26-,31-/m0/s1. The van der Waals surface area contributed by atoms with Crippen LogP contribution >= 0.6 is 0 Å². The molecular formula is C31H39NO5. The maximum Gasteiger partial charge on any atom is 0.410 e. The van der Waals surface area contributed by atoms with Crippen LogP contribution in [0.5, 0.6) is 17.2 Å². The number of carbonyl (C=O) groups excluding carboxylic acids is 1. The molecule has 6 nitrogen and oxygen atoms in total. The molecule has 3 atom stereocenters. The van der Waals surface area contributed by atoms with Crippen molar-refractivity contribution in [3.63, 3.8) is 0 Å². The third-order valence-corrected chi connectivity index (χ3v) is 9.01. The van der Waals surface area contributed by atoms with Gasteiger partial charge in [-0.05, 0) is 61.6 Å². The fraction of sp³-hybridized carbons (Fsp3) is 0.581. The number of benzene rings is 2. The van der Waals surface area contributed by atoms with E-state index in [4.69, 9.17) is 18.9 Å². The zero-order valence-electron chi connectivity index (χ0n) is 22.0. The molecule has 1 saturated carbocycles. The number of nitrogens with zero attached hydrogens (tertiary/aromatic N) is 1. The van der Waals surface area contributed by atoms with Crippen molar-refractivity contribution in [2.45, 2.75) is 82.8 Å². The Morgan fingerprint density at radius 2 is 1.89 bits per heavy atom. The van der Waals surface area contributed by atoms with Gasteiger partial charge in [-0.3, -0.25) is 0 Å². The van der Waals surface area contributed by atoms with Crippen LogP contribution in [0.4, 0.5) is 4.79 Å². The van der Waals surface area contributed by atoms with Gasteiger partial charge in [0.2, 0.25) is 5.75 Å². The monoisotopic (exact) mass is 505 g/mol. The average Bonchev–Trinajstić information content (AvgIpc) is 3.07. The number of ether oxygens (including phenoxy) is 4. The van der Waals surface area contributed by atoms with Gasteiger partial charge in [-0.15, -0.1) is 0 Å². The second-order valence-electron chi connectivity index (χ2n) is 11.1. The maximum absolute atomic E-state index is 13.5. The van der Waals surface area contributed by atoms with E-state index in [2.05, 4.69) is 13.0 Å². The lowest BCUT2D eigenvalue weighted by Gasteiger charge is -2.53. The van der Waals surface area contributed by atoms with Crippen LogP contribution < -0.4 is 14.2 Å². The molecule has 1 unspecified atom stereocenters. The normalized spacial score (nSPS) is 25.9. The van der Waals surface area contributed by atoms with Gasteiger partial charge in [-0.1, -0.05) is 56.5 Å². The quantitative estimate of drug-likeness (QED) is 0.424. The van der Waals surface area contributed by atoms with Crippen LogP contribution in [0.3, 0.4) is 0 Å². The van der Waals surface area contributed by atoms with E-state index < -0.39 is 0 Å². The van der Waals surface area contributed by atoms with Gasteiger partial charge < -0.3 is 23.8 Å². The molecule has 0 aromatic heterocycles. The summed E-state index contributed by atoms with van der Waals surface area (Å²) in [5, 5.41) is 0. The summed E-state index contributed by atoms with van der Waals surface area (Å²) in [7, 11) is 0. The average molecular weight is 506 g/mol. The van der Waals surface area contributed by atoms with Gasteiger partial charge in [0, 0.05) is 23.6 Å². The number of unbranched alkanes of at least 4 members (excludes halogenated alkanes) is 1. The van der Waals surface area contributed by atoms with Crippen molar-refractivity contribution in [1.29, 1.82) is 0 Å². The Labute approximate surface area is 220 Å². The Bertz CT molecular complexity index is 1120. The SMILES string of the molecule is CCCCOc1cc2c(c3c1OCCO3)C[C@H]1C3CCCC[C@@]23CCCN1C(=O)OCc1ccccc1. The molecule has 37 heavy (non-hydrogen) atoms. The van der Waals surface area contributed by atoms with Gasteiger partial charge in [0.15, 0.2) is 11.5 Å². The number of fused-ring (bicyclic) bond motifs is 3. The summed E-state index contributed by atoms with van der Waals surface area (Å²) in [6.07, 6.45) is 9.50. The van der Waals surface area contributed by atoms with Crippen molar-refractivity contribution < 1.29 is 23.7 Å². The molecule has 2 fully saturated rings. The smallest absolute Gasteiger partial charge is 0.410 e. The van der Waals surface area contributed by atoms with Gasteiger partial charge in [0.1, 0.15) is 19.8 Å². The minimum Gasteiger partial charge on any atom is -0.490 e. The number of hydrogen-bond donors (Lipinski definition) is 0. The molecule has 6 heteroatoms. The Morgan fingerprint density at radius 1 is 1.08 bits per heavy atom. The minimum atomic E-state index is -0.191. The lowest BCUT2D eigenvalue weighted by atomic mass is 9.54. The van der Waals surface area contributed by atoms with Crippen molar-refractivity contribution in [3.8, 4) is 17.2 Å². The Balaban J connectivity index is 1.37. The zero-order valence-corrected chi connectivity index (χ0v) is 22.0. The molecule has 0 N–H and O–H groups in total. The topological polar surface area (TPSA) is 57.2 Å². The van der Waals surface area contributed by atoms with Crippen molar-refractivity contribution in [3.05, 3.63) is 53.1 Å². The Hall–Kier alpha value is -2.89. The highest BCUT2D eigenvalue weighted by Crippen LogP contribution is 2.59. The van der Waals surface area contributed by atoms with Gasteiger partial charge in [-0.2, -0.15) is 0 Å². The molecule has 0 radical (unpaired) electrons. The lowest BCUT2D eigenvalue weighted by molar-refractivity contribution is 0.0428. The zero-order chi connectivity index (χ0) is 25.2. The Kier molecular flexibility index (Phi) is 6.92. The van der Waals surface area contributed by atoms with Gasteiger partial charge in [0.05, 0.1) is 6.61 Å². The lowest BCUT2D eigenvalue weighted by Crippen LogP contribution is -2.54. The van der Waals surface area contributed by atoms with Crippen LogP contribution in [0.2, 0.25) is 0 Å². The molecular weight excluding hydrogens is 466 g/mol. The Morgan fingerprint density at radius 3 is 2.73 bits per heavy atom. The number of rotatable bonds is 6. The molecule has 2 aromatic carbocycles. The molecule has 0 spiro atoms. The highest BCUT2D eigenvalue weighted by Gasteiger charge is 2.54. The van der Waals surface area contributed by atoms with Crippen LogP contribution in [-0.2, 0) is 23.2 Å². The second-order valence-corrected chi connectivity index (χ2v) is 11.1. The third-order valence-electron chi connectivity index (χ3n) is 9.01. The molecule has 2 aromatic rings. The maximum atomic E-state index is 13.5. The largest absolute Gasteiger partial charge is 0.490 e. The molecule has 1 amide bonds. The highest BCUT2D eigenvalue weighted by atomic mass is 16.6. The number of likely N-dealkylation sites (tertiary alicyclic amines) is 1. The van der Waals surface area contributed by atoms with Crippen molar-refractivity contribution in [2.75, 3.05) is 26.4 Å². The molecule has 2 bridgehead atoms. The van der Waals surface area contributed by atoms with E-state index in [9.17, 15) is 4.79 Å². The van der Waals surface area contributed by atoms with E-state index in [1.807, 2.05) is 35.2 Å². The summed E-state index contributed by atoms with van der Waals surface area (Å²) in [4.78, 5) is 15.6. The number of hydrogen-bond acceptors (Lipinski definition) is 5. The summed E-state index contributed by atoms with van der Waals surface area (Å²) in [6, 6.07) is 12.3. The third kappa shape index (κ3) is 4.42. The predicted octanol–water partition coefficient (Wildman–Crippen LogP) is 6.42. The van der Waals surface area contributed by atoms with Crippen LogP contribution in [0.1, 0.15) is 75.0 Å². The van der Waals surface area contributed by atoms with E-state index in [-0.39, 0.29) is 17.6 Å². The molecule has 1 saturated heterocycles. The molecule has 6 rings (SSSR count). The van der Waals surface area contributed by atoms with Crippen LogP contribution in [0, 0.1) is 5.92 Å². The van der Waals surface area contributed by atoms with E-state index in [1.165, 1.54) is 24.0 Å². The van der Waals surface area contributed by atoms with E-state index in [0.717, 1.165) is 74.3 Å². The van der Waals surface area contributed by atoms with Crippen LogP contribution in [0.25, 0.3) is 0 Å². The summed E-state index contributed by atoms with van der Waals surface area (Å²) >= 11 is 0. The van der Waals surface area contributed by atoms with Crippen molar-refractivity contribution in [1.82, 2.24) is 4.90 Å². The molecule has 2 aliphatic carbocycles. The minimum absolute atomic E-state index is 0.0453. The first-order valence-electron chi connectivity index (χ1n) is 14.3. The van der Waals surface area contributed by atoms with Crippen LogP contribution in [-0.4, -0.2) is 43.4 Å². The summed E-state index contributed by atoms with van der Waals surface area (Å²) in [5.41, 5.74) is 3.68. The first-order chi connectivity index (χ1) is 18.2. The van der Waals surface area contributed by atoms with Crippen LogP contribution in [0.15, 0.2) is 36.4 Å². The first kappa shape index (κ1) is 24.4.